The van der Waals surface area contributed by atoms with Crippen molar-refractivity contribution >= 4 is 31.6 Å². The van der Waals surface area contributed by atoms with Gasteiger partial charge in [-0.15, -0.1) is 0 Å². The van der Waals surface area contributed by atoms with Crippen molar-refractivity contribution < 1.29 is 12.8 Å². The molecular formula is C13H19BrFN3O2S. The fraction of sp³-hybridized carbons (Fsp3) is 0.538. The number of halogens is 2. The minimum Gasteiger partial charge on any atom is -0.398 e. The molecule has 1 saturated heterocycles. The van der Waals surface area contributed by atoms with Crippen LogP contribution in [0.1, 0.15) is 6.42 Å². The van der Waals surface area contributed by atoms with Gasteiger partial charge in [-0.25, -0.2) is 17.1 Å². The lowest BCUT2D eigenvalue weighted by Gasteiger charge is -2.22. The number of benzene rings is 1. The van der Waals surface area contributed by atoms with Crippen LogP contribution in [0.15, 0.2) is 21.5 Å². The second-order valence-electron chi connectivity index (χ2n) is 5.51. The Morgan fingerprint density at radius 3 is 2.76 bits per heavy atom. The fourth-order valence-corrected chi connectivity index (χ4v) is 4.43. The molecule has 5 nitrogen and oxygen atoms in total. The molecule has 0 aromatic heterocycles. The Bertz CT molecular complexity index is 639. The highest BCUT2D eigenvalue weighted by atomic mass is 79.9. The molecular weight excluding hydrogens is 361 g/mol. The number of rotatable bonds is 4. The van der Waals surface area contributed by atoms with Crippen molar-refractivity contribution in [2.45, 2.75) is 11.3 Å². The smallest absolute Gasteiger partial charge is 0.244 e. The Kier molecular flexibility index (Phi) is 4.92. The van der Waals surface area contributed by atoms with E-state index in [4.69, 9.17) is 5.73 Å². The van der Waals surface area contributed by atoms with Gasteiger partial charge in [0.1, 0.15) is 10.7 Å². The average molecular weight is 380 g/mol. The quantitative estimate of drug-likeness (QED) is 0.809. The van der Waals surface area contributed by atoms with Crippen molar-refractivity contribution in [3.8, 4) is 0 Å². The summed E-state index contributed by atoms with van der Waals surface area (Å²) in [6, 6.07) is 2.24. The first kappa shape index (κ1) is 16.7. The normalized spacial score (nSPS) is 20.3. The topological polar surface area (TPSA) is 66.6 Å². The molecule has 0 aliphatic carbocycles. The number of anilines is 1. The Balaban J connectivity index is 2.23. The molecule has 2 N–H and O–H groups in total. The van der Waals surface area contributed by atoms with E-state index in [2.05, 4.69) is 20.8 Å². The van der Waals surface area contributed by atoms with Crippen molar-refractivity contribution in [2.75, 3.05) is 39.5 Å². The minimum absolute atomic E-state index is 0.0652. The number of hydrogen-bond donors (Lipinski definition) is 1. The minimum atomic E-state index is -3.72. The highest BCUT2D eigenvalue weighted by Crippen LogP contribution is 2.29. The third kappa shape index (κ3) is 3.56. The van der Waals surface area contributed by atoms with Gasteiger partial charge in [-0.3, -0.25) is 0 Å². The molecule has 0 saturated carbocycles. The monoisotopic (exact) mass is 379 g/mol. The Morgan fingerprint density at radius 2 is 2.19 bits per heavy atom. The summed E-state index contributed by atoms with van der Waals surface area (Å²) in [5, 5.41) is 0. The summed E-state index contributed by atoms with van der Waals surface area (Å²) in [4.78, 5) is 2.11. The molecule has 1 aromatic rings. The third-order valence-corrected chi connectivity index (χ3v) is 6.23. The number of nitrogen functional groups attached to an aromatic ring is 1. The Labute approximate surface area is 133 Å². The fourth-order valence-electron chi connectivity index (χ4n) is 2.57. The molecule has 0 bridgehead atoms. The lowest BCUT2D eigenvalue weighted by atomic mass is 10.1. The van der Waals surface area contributed by atoms with Gasteiger partial charge in [-0.05, 0) is 54.0 Å². The summed E-state index contributed by atoms with van der Waals surface area (Å²) in [7, 11) is -0.171. The maximum Gasteiger partial charge on any atom is 0.244 e. The molecule has 1 aromatic carbocycles. The zero-order valence-electron chi connectivity index (χ0n) is 12.0. The summed E-state index contributed by atoms with van der Waals surface area (Å²) >= 11 is 3.00. The molecule has 2 rings (SSSR count). The van der Waals surface area contributed by atoms with Gasteiger partial charge in [0.05, 0.1) is 10.2 Å². The second kappa shape index (κ2) is 6.20. The van der Waals surface area contributed by atoms with Crippen molar-refractivity contribution in [2.24, 2.45) is 5.92 Å². The molecule has 0 radical (unpaired) electrons. The summed E-state index contributed by atoms with van der Waals surface area (Å²) in [6.45, 7) is 2.28. The maximum atomic E-state index is 13.4. The van der Waals surface area contributed by atoms with Gasteiger partial charge in [-0.2, -0.15) is 0 Å². The Morgan fingerprint density at radius 1 is 1.52 bits per heavy atom. The molecule has 1 atom stereocenters. The van der Waals surface area contributed by atoms with E-state index in [9.17, 15) is 12.8 Å². The highest BCUT2D eigenvalue weighted by molar-refractivity contribution is 9.10. The number of hydrogen-bond acceptors (Lipinski definition) is 4. The number of nitrogens with zero attached hydrogens (tertiary/aromatic N) is 2. The highest BCUT2D eigenvalue weighted by Gasteiger charge is 2.29. The lowest BCUT2D eigenvalue weighted by molar-refractivity contribution is 0.357. The summed E-state index contributed by atoms with van der Waals surface area (Å²) in [5.74, 6) is -0.272. The van der Waals surface area contributed by atoms with Crippen LogP contribution in [0.4, 0.5) is 10.1 Å². The van der Waals surface area contributed by atoms with E-state index in [1.165, 1.54) is 17.4 Å². The van der Waals surface area contributed by atoms with Gasteiger partial charge >= 0.3 is 0 Å². The Hall–Kier alpha value is -0.700. The van der Waals surface area contributed by atoms with Crippen LogP contribution in [0.2, 0.25) is 0 Å². The van der Waals surface area contributed by atoms with Crippen LogP contribution in [-0.2, 0) is 10.0 Å². The molecule has 1 heterocycles. The van der Waals surface area contributed by atoms with E-state index in [0.717, 1.165) is 25.6 Å². The second-order valence-corrected chi connectivity index (χ2v) is 8.37. The zero-order chi connectivity index (χ0) is 15.8. The predicted molar refractivity (Wildman–Crippen MR) is 83.9 cm³/mol. The number of likely N-dealkylation sites (tertiary alicyclic amines) is 1. The van der Waals surface area contributed by atoms with Crippen LogP contribution in [0.25, 0.3) is 0 Å². The van der Waals surface area contributed by atoms with E-state index < -0.39 is 15.8 Å². The van der Waals surface area contributed by atoms with Crippen LogP contribution in [0.3, 0.4) is 0 Å². The maximum absolute atomic E-state index is 13.4. The van der Waals surface area contributed by atoms with E-state index in [-0.39, 0.29) is 15.1 Å². The van der Waals surface area contributed by atoms with Gasteiger partial charge in [-0.1, -0.05) is 0 Å². The van der Waals surface area contributed by atoms with Gasteiger partial charge in [0.15, 0.2) is 0 Å². The largest absolute Gasteiger partial charge is 0.398 e. The van der Waals surface area contributed by atoms with E-state index in [1.807, 2.05) is 7.05 Å². The standard InChI is InChI=1S/C13H19BrFN3O2S/c1-17-4-3-9(7-17)8-18(2)21(19,20)13-5-10(14)11(15)6-12(13)16/h5-6,9H,3-4,7-8,16H2,1-2H3. The third-order valence-electron chi connectivity index (χ3n) is 3.75. The zero-order valence-corrected chi connectivity index (χ0v) is 14.4. The van der Waals surface area contributed by atoms with Gasteiger partial charge in [0, 0.05) is 20.1 Å². The van der Waals surface area contributed by atoms with Crippen molar-refractivity contribution in [3.05, 3.63) is 22.4 Å². The van der Waals surface area contributed by atoms with Crippen molar-refractivity contribution in [1.29, 1.82) is 0 Å². The van der Waals surface area contributed by atoms with Gasteiger partial charge in [0.2, 0.25) is 10.0 Å². The first-order valence-electron chi connectivity index (χ1n) is 6.61. The van der Waals surface area contributed by atoms with E-state index in [0.29, 0.717) is 12.5 Å². The van der Waals surface area contributed by atoms with Crippen molar-refractivity contribution in [3.63, 3.8) is 0 Å². The van der Waals surface area contributed by atoms with Gasteiger partial charge < -0.3 is 10.6 Å². The summed E-state index contributed by atoms with van der Waals surface area (Å²) in [6.07, 6.45) is 0.971. The predicted octanol–water partition coefficient (Wildman–Crippen LogP) is 1.74. The van der Waals surface area contributed by atoms with Crippen LogP contribution in [0, 0.1) is 11.7 Å². The molecule has 21 heavy (non-hydrogen) atoms. The molecule has 1 aliphatic heterocycles. The summed E-state index contributed by atoms with van der Waals surface area (Å²) < 4.78 is 39.9. The summed E-state index contributed by atoms with van der Waals surface area (Å²) in [5.41, 5.74) is 5.59. The first-order chi connectivity index (χ1) is 9.71. The van der Waals surface area contributed by atoms with Crippen LogP contribution >= 0.6 is 15.9 Å². The molecule has 1 aliphatic rings. The molecule has 1 unspecified atom stereocenters. The first-order valence-corrected chi connectivity index (χ1v) is 8.84. The van der Waals surface area contributed by atoms with Crippen LogP contribution < -0.4 is 5.73 Å². The van der Waals surface area contributed by atoms with Crippen LogP contribution in [-0.4, -0.2) is 51.4 Å². The molecule has 0 amide bonds. The van der Waals surface area contributed by atoms with E-state index >= 15 is 0 Å². The molecule has 0 spiro atoms. The number of nitrogens with two attached hydrogens (primary N) is 1. The van der Waals surface area contributed by atoms with Crippen LogP contribution in [0.5, 0.6) is 0 Å². The van der Waals surface area contributed by atoms with E-state index in [1.54, 1.807) is 0 Å². The SMILES string of the molecule is CN1CCC(CN(C)S(=O)(=O)c2cc(Br)c(F)cc2N)C1. The molecule has 118 valence electrons. The lowest BCUT2D eigenvalue weighted by Crippen LogP contribution is -2.33. The van der Waals surface area contributed by atoms with Gasteiger partial charge in [0.25, 0.3) is 0 Å². The number of sulfonamides is 1. The van der Waals surface area contributed by atoms with Crippen molar-refractivity contribution in [1.82, 2.24) is 9.21 Å². The molecule has 1 fully saturated rings. The molecule has 8 heteroatoms. The average Bonchev–Trinajstić information content (AvgIpc) is 2.79.